The van der Waals surface area contributed by atoms with Gasteiger partial charge in [-0.3, -0.25) is 0 Å². The van der Waals surface area contributed by atoms with Crippen molar-refractivity contribution < 1.29 is 0 Å². The highest BCUT2D eigenvalue weighted by Crippen LogP contribution is 2.28. The van der Waals surface area contributed by atoms with E-state index in [-0.39, 0.29) is 6.04 Å². The zero-order valence-electron chi connectivity index (χ0n) is 9.50. The summed E-state index contributed by atoms with van der Waals surface area (Å²) in [6.45, 7) is 4.08. The Kier molecular flexibility index (Phi) is 4.07. The third-order valence-electron chi connectivity index (χ3n) is 2.44. The highest BCUT2D eigenvalue weighted by molar-refractivity contribution is 9.10. The standard InChI is InChI=1S/C12H12BrClN2S/c1-7-10(3-4-12(14)16-7)15-8(2)11-5-9(13)6-17-11/h3-6,8,15H,1-2H3. The molecule has 0 fully saturated rings. The minimum atomic E-state index is 0.257. The van der Waals surface area contributed by atoms with Crippen LogP contribution >= 0.6 is 38.9 Å². The monoisotopic (exact) mass is 330 g/mol. The minimum absolute atomic E-state index is 0.257. The fraction of sp³-hybridized carbons (Fsp3) is 0.250. The first-order valence-electron chi connectivity index (χ1n) is 5.20. The average Bonchev–Trinajstić information content (AvgIpc) is 2.69. The summed E-state index contributed by atoms with van der Waals surface area (Å²) in [6, 6.07) is 6.15. The van der Waals surface area contributed by atoms with E-state index < -0.39 is 0 Å². The summed E-state index contributed by atoms with van der Waals surface area (Å²) in [7, 11) is 0. The number of hydrogen-bond acceptors (Lipinski definition) is 3. The Hall–Kier alpha value is -0.580. The average molecular weight is 332 g/mol. The van der Waals surface area contributed by atoms with Crippen molar-refractivity contribution in [1.29, 1.82) is 0 Å². The van der Waals surface area contributed by atoms with Crippen LogP contribution in [-0.2, 0) is 0 Å². The number of aryl methyl sites for hydroxylation is 1. The van der Waals surface area contributed by atoms with Crippen LogP contribution in [0.3, 0.4) is 0 Å². The van der Waals surface area contributed by atoms with E-state index in [0.717, 1.165) is 15.9 Å². The number of nitrogens with one attached hydrogen (secondary N) is 1. The Morgan fingerprint density at radius 3 is 2.82 bits per heavy atom. The predicted molar refractivity (Wildman–Crippen MR) is 78.0 cm³/mol. The lowest BCUT2D eigenvalue weighted by Crippen LogP contribution is -2.06. The van der Waals surface area contributed by atoms with Gasteiger partial charge in [-0.25, -0.2) is 4.98 Å². The van der Waals surface area contributed by atoms with Crippen LogP contribution in [0.5, 0.6) is 0 Å². The Labute approximate surface area is 118 Å². The number of halogens is 2. The first-order chi connectivity index (χ1) is 8.06. The van der Waals surface area contributed by atoms with Crippen molar-refractivity contribution in [3.63, 3.8) is 0 Å². The number of hydrogen-bond donors (Lipinski definition) is 1. The van der Waals surface area contributed by atoms with Gasteiger partial charge in [0.25, 0.3) is 0 Å². The molecule has 17 heavy (non-hydrogen) atoms. The van der Waals surface area contributed by atoms with Crippen LogP contribution in [0.25, 0.3) is 0 Å². The first-order valence-corrected chi connectivity index (χ1v) is 7.25. The van der Waals surface area contributed by atoms with Crippen LogP contribution in [0, 0.1) is 6.92 Å². The van der Waals surface area contributed by atoms with E-state index in [2.05, 4.69) is 44.6 Å². The molecule has 2 heterocycles. The number of aromatic nitrogens is 1. The number of thiophene rings is 1. The van der Waals surface area contributed by atoms with Crippen LogP contribution in [0.1, 0.15) is 23.5 Å². The molecule has 5 heteroatoms. The topological polar surface area (TPSA) is 24.9 Å². The van der Waals surface area contributed by atoms with Crippen LogP contribution in [0.15, 0.2) is 28.1 Å². The van der Waals surface area contributed by atoms with Crippen LogP contribution < -0.4 is 5.32 Å². The van der Waals surface area contributed by atoms with Crippen molar-refractivity contribution >= 4 is 44.6 Å². The highest BCUT2D eigenvalue weighted by Gasteiger charge is 2.09. The molecule has 2 aromatic heterocycles. The van der Waals surface area contributed by atoms with Gasteiger partial charge < -0.3 is 5.32 Å². The Balaban J connectivity index is 2.15. The van der Waals surface area contributed by atoms with Crippen molar-refractivity contribution in [3.8, 4) is 0 Å². The summed E-state index contributed by atoms with van der Waals surface area (Å²) in [6.07, 6.45) is 0. The summed E-state index contributed by atoms with van der Waals surface area (Å²) in [5.74, 6) is 0. The quantitative estimate of drug-likeness (QED) is 0.797. The molecule has 0 saturated heterocycles. The van der Waals surface area contributed by atoms with Crippen molar-refractivity contribution in [1.82, 2.24) is 4.98 Å². The lowest BCUT2D eigenvalue weighted by atomic mass is 10.2. The number of pyridine rings is 1. The minimum Gasteiger partial charge on any atom is -0.376 e. The summed E-state index contributed by atoms with van der Waals surface area (Å²) >= 11 is 11.0. The molecule has 0 radical (unpaired) electrons. The van der Waals surface area contributed by atoms with Crippen molar-refractivity contribution in [3.05, 3.63) is 43.8 Å². The third kappa shape index (κ3) is 3.21. The van der Waals surface area contributed by atoms with Gasteiger partial charge in [-0.05, 0) is 48.0 Å². The maximum Gasteiger partial charge on any atom is 0.129 e. The van der Waals surface area contributed by atoms with Crippen LogP contribution in [0.2, 0.25) is 5.15 Å². The molecule has 1 atom stereocenters. The molecule has 1 N–H and O–H groups in total. The van der Waals surface area contributed by atoms with Crippen molar-refractivity contribution in [2.45, 2.75) is 19.9 Å². The second-order valence-electron chi connectivity index (χ2n) is 3.80. The lowest BCUT2D eigenvalue weighted by molar-refractivity contribution is 0.901. The summed E-state index contributed by atoms with van der Waals surface area (Å²) in [5, 5.41) is 6.05. The predicted octanol–water partition coefficient (Wildman–Crippen LogP) is 5.04. The fourth-order valence-corrected chi connectivity index (χ4v) is 3.19. The van der Waals surface area contributed by atoms with Gasteiger partial charge in [0.1, 0.15) is 5.15 Å². The summed E-state index contributed by atoms with van der Waals surface area (Å²) < 4.78 is 1.12. The molecule has 90 valence electrons. The van der Waals surface area contributed by atoms with Gasteiger partial charge in [0.15, 0.2) is 0 Å². The number of rotatable bonds is 3. The van der Waals surface area contributed by atoms with E-state index in [9.17, 15) is 0 Å². The van der Waals surface area contributed by atoms with Crippen LogP contribution in [-0.4, -0.2) is 4.98 Å². The van der Waals surface area contributed by atoms with Crippen molar-refractivity contribution in [2.75, 3.05) is 5.32 Å². The molecule has 0 aliphatic carbocycles. The highest BCUT2D eigenvalue weighted by atomic mass is 79.9. The largest absolute Gasteiger partial charge is 0.376 e. The second-order valence-corrected chi connectivity index (χ2v) is 6.05. The smallest absolute Gasteiger partial charge is 0.129 e. The SMILES string of the molecule is Cc1nc(Cl)ccc1NC(C)c1cc(Br)cs1. The van der Waals surface area contributed by atoms with Gasteiger partial charge >= 0.3 is 0 Å². The number of anilines is 1. The normalized spacial score (nSPS) is 12.5. The van der Waals surface area contributed by atoms with Crippen LogP contribution in [0.4, 0.5) is 5.69 Å². The lowest BCUT2D eigenvalue weighted by Gasteiger charge is -2.15. The molecule has 0 amide bonds. The molecule has 2 rings (SSSR count). The van der Waals surface area contributed by atoms with E-state index in [0.29, 0.717) is 5.15 Å². The first kappa shape index (κ1) is 12.9. The van der Waals surface area contributed by atoms with E-state index in [4.69, 9.17) is 11.6 Å². The maximum absolute atomic E-state index is 5.83. The molecule has 0 saturated carbocycles. The molecular weight excluding hydrogens is 320 g/mol. The Bertz CT molecular complexity index is 527. The maximum atomic E-state index is 5.83. The van der Waals surface area contributed by atoms with E-state index in [1.54, 1.807) is 17.4 Å². The van der Waals surface area contributed by atoms with E-state index in [1.807, 2.05) is 13.0 Å². The molecule has 0 bridgehead atoms. The van der Waals surface area contributed by atoms with Gasteiger partial charge in [0.2, 0.25) is 0 Å². The van der Waals surface area contributed by atoms with Gasteiger partial charge in [0, 0.05) is 14.7 Å². The fourth-order valence-electron chi connectivity index (χ4n) is 1.54. The zero-order valence-corrected chi connectivity index (χ0v) is 12.7. The molecular formula is C12H12BrClN2S. The summed E-state index contributed by atoms with van der Waals surface area (Å²) in [4.78, 5) is 5.51. The molecule has 0 aliphatic rings. The van der Waals surface area contributed by atoms with Gasteiger partial charge in [-0.2, -0.15) is 0 Å². The van der Waals surface area contributed by atoms with Gasteiger partial charge in [-0.15, -0.1) is 11.3 Å². The molecule has 2 nitrogen and oxygen atoms in total. The van der Waals surface area contributed by atoms with Gasteiger partial charge in [-0.1, -0.05) is 11.6 Å². The van der Waals surface area contributed by atoms with E-state index in [1.165, 1.54) is 4.88 Å². The third-order valence-corrected chi connectivity index (χ3v) is 4.53. The summed E-state index contributed by atoms with van der Waals surface area (Å²) in [5.41, 5.74) is 1.94. The molecule has 0 spiro atoms. The Morgan fingerprint density at radius 2 is 2.24 bits per heavy atom. The van der Waals surface area contributed by atoms with Gasteiger partial charge in [0.05, 0.1) is 17.4 Å². The molecule has 0 aliphatic heterocycles. The molecule has 1 unspecified atom stereocenters. The Morgan fingerprint density at radius 1 is 1.47 bits per heavy atom. The number of nitrogens with zero attached hydrogens (tertiary/aromatic N) is 1. The zero-order chi connectivity index (χ0) is 12.4. The van der Waals surface area contributed by atoms with Crippen molar-refractivity contribution in [2.24, 2.45) is 0 Å². The second kappa shape index (κ2) is 5.38. The molecule has 2 aromatic rings. The molecule has 0 aromatic carbocycles. The van der Waals surface area contributed by atoms with E-state index >= 15 is 0 Å².